The lowest BCUT2D eigenvalue weighted by Gasteiger charge is -2.16. The van der Waals surface area contributed by atoms with E-state index in [-0.39, 0.29) is 5.91 Å². The van der Waals surface area contributed by atoms with Gasteiger partial charge in [-0.1, -0.05) is 0 Å². The minimum Gasteiger partial charge on any atom is -0.387 e. The zero-order chi connectivity index (χ0) is 14.1. The predicted octanol–water partition coefficient (Wildman–Crippen LogP) is 0.431. The summed E-state index contributed by atoms with van der Waals surface area (Å²) in [5, 5.41) is 5.86. The summed E-state index contributed by atoms with van der Waals surface area (Å²) in [6.07, 6.45) is 3.22. The summed E-state index contributed by atoms with van der Waals surface area (Å²) in [6.45, 7) is 2.92. The van der Waals surface area contributed by atoms with Gasteiger partial charge in [-0.25, -0.2) is 0 Å². The van der Waals surface area contributed by atoms with Gasteiger partial charge in [-0.15, -0.1) is 0 Å². The number of amides is 1. The quantitative estimate of drug-likeness (QED) is 0.714. The normalized spacial score (nSPS) is 10.5. The molecular formula is C13H22N4O2. The number of pyridine rings is 1. The van der Waals surface area contributed by atoms with Crippen LogP contribution in [0, 0.1) is 0 Å². The third-order valence-corrected chi connectivity index (χ3v) is 2.79. The second-order valence-electron chi connectivity index (χ2n) is 4.22. The molecule has 6 heteroatoms. The zero-order valence-corrected chi connectivity index (χ0v) is 11.8. The molecule has 0 spiro atoms. The molecule has 6 nitrogen and oxygen atoms in total. The summed E-state index contributed by atoms with van der Waals surface area (Å²) in [7, 11) is 5.45. The third-order valence-electron chi connectivity index (χ3n) is 2.79. The molecule has 0 saturated carbocycles. The highest BCUT2D eigenvalue weighted by Gasteiger charge is 2.10. The highest BCUT2D eigenvalue weighted by Crippen LogP contribution is 2.11. The van der Waals surface area contributed by atoms with Gasteiger partial charge < -0.3 is 20.3 Å². The Kier molecular flexibility index (Phi) is 6.84. The van der Waals surface area contributed by atoms with Crippen LogP contribution in [0.3, 0.4) is 0 Å². The van der Waals surface area contributed by atoms with Crippen LogP contribution in [0.1, 0.15) is 10.4 Å². The molecule has 0 atom stereocenters. The topological polar surface area (TPSA) is 66.5 Å². The van der Waals surface area contributed by atoms with Gasteiger partial charge in [0.1, 0.15) is 0 Å². The second kappa shape index (κ2) is 8.44. The number of nitrogens with zero attached hydrogens (tertiary/aromatic N) is 2. The van der Waals surface area contributed by atoms with Crippen molar-refractivity contribution in [3.8, 4) is 0 Å². The highest BCUT2D eigenvalue weighted by atomic mass is 16.5. The van der Waals surface area contributed by atoms with Gasteiger partial charge in [-0.05, 0) is 13.1 Å². The molecule has 1 aromatic heterocycles. The van der Waals surface area contributed by atoms with E-state index >= 15 is 0 Å². The molecule has 1 heterocycles. The number of carbonyl (C=O) groups is 1. The molecule has 0 aliphatic rings. The number of likely N-dealkylation sites (N-methyl/N-ethyl adjacent to an activating group) is 1. The lowest BCUT2D eigenvalue weighted by atomic mass is 10.2. The Balaban J connectivity index is 2.39. The van der Waals surface area contributed by atoms with Crippen LogP contribution in [-0.4, -0.2) is 63.2 Å². The Bertz CT molecular complexity index is 398. The lowest BCUT2D eigenvalue weighted by molar-refractivity contribution is 0.0948. The molecule has 0 aliphatic heterocycles. The van der Waals surface area contributed by atoms with E-state index in [0.717, 1.165) is 18.8 Å². The predicted molar refractivity (Wildman–Crippen MR) is 75.5 cm³/mol. The molecule has 0 saturated heterocycles. The van der Waals surface area contributed by atoms with Gasteiger partial charge in [0.25, 0.3) is 5.91 Å². The Morgan fingerprint density at radius 1 is 1.47 bits per heavy atom. The van der Waals surface area contributed by atoms with E-state index in [1.165, 1.54) is 0 Å². The number of anilines is 1. The standard InChI is InChI=1S/C13H22N4O2/c1-14-12-4-5-15-10-11(12)13(18)16-6-7-17(2)8-9-19-3/h4-5,10H,6-9H2,1-3H3,(H,14,15)(H,16,18). The number of ether oxygens (including phenoxy) is 1. The molecule has 2 N–H and O–H groups in total. The van der Waals surface area contributed by atoms with Crippen molar-refractivity contribution in [2.24, 2.45) is 0 Å². The number of aromatic nitrogens is 1. The van der Waals surface area contributed by atoms with E-state index in [0.29, 0.717) is 18.7 Å². The summed E-state index contributed by atoms with van der Waals surface area (Å²) in [6, 6.07) is 1.78. The van der Waals surface area contributed by atoms with Crippen molar-refractivity contribution in [3.63, 3.8) is 0 Å². The van der Waals surface area contributed by atoms with Gasteiger partial charge in [0.05, 0.1) is 12.2 Å². The third kappa shape index (κ3) is 5.23. The van der Waals surface area contributed by atoms with Gasteiger partial charge in [-0.3, -0.25) is 9.78 Å². The minimum absolute atomic E-state index is 0.113. The zero-order valence-electron chi connectivity index (χ0n) is 11.8. The fourth-order valence-corrected chi connectivity index (χ4v) is 1.61. The SMILES string of the molecule is CNc1ccncc1C(=O)NCCN(C)CCOC. The smallest absolute Gasteiger partial charge is 0.254 e. The maximum absolute atomic E-state index is 12.0. The number of rotatable bonds is 8. The van der Waals surface area contributed by atoms with Gasteiger partial charge >= 0.3 is 0 Å². The van der Waals surface area contributed by atoms with Gasteiger partial charge in [-0.2, -0.15) is 0 Å². The van der Waals surface area contributed by atoms with Crippen LogP contribution in [0.15, 0.2) is 18.5 Å². The van der Waals surface area contributed by atoms with Crippen molar-refractivity contribution in [2.75, 3.05) is 52.8 Å². The second-order valence-corrected chi connectivity index (χ2v) is 4.22. The van der Waals surface area contributed by atoms with Crippen molar-refractivity contribution in [1.29, 1.82) is 0 Å². The molecule has 1 amide bonds. The van der Waals surface area contributed by atoms with Crippen LogP contribution in [-0.2, 0) is 4.74 Å². The monoisotopic (exact) mass is 266 g/mol. The van der Waals surface area contributed by atoms with Gasteiger partial charge in [0.2, 0.25) is 0 Å². The first-order valence-electron chi connectivity index (χ1n) is 6.26. The number of methoxy groups -OCH3 is 1. The average Bonchev–Trinajstić information content (AvgIpc) is 2.44. The molecule has 0 radical (unpaired) electrons. The van der Waals surface area contributed by atoms with Crippen LogP contribution in [0.25, 0.3) is 0 Å². The van der Waals surface area contributed by atoms with E-state index in [2.05, 4.69) is 20.5 Å². The molecule has 0 unspecified atom stereocenters. The van der Waals surface area contributed by atoms with Crippen LogP contribution < -0.4 is 10.6 Å². The first-order valence-corrected chi connectivity index (χ1v) is 6.26. The van der Waals surface area contributed by atoms with Crippen molar-refractivity contribution in [3.05, 3.63) is 24.0 Å². The maximum atomic E-state index is 12.0. The van der Waals surface area contributed by atoms with Crippen molar-refractivity contribution < 1.29 is 9.53 Å². The van der Waals surface area contributed by atoms with E-state index in [1.807, 2.05) is 7.05 Å². The van der Waals surface area contributed by atoms with E-state index < -0.39 is 0 Å². The van der Waals surface area contributed by atoms with Crippen LogP contribution >= 0.6 is 0 Å². The molecule has 1 aromatic rings. The van der Waals surface area contributed by atoms with E-state index in [9.17, 15) is 4.79 Å². The minimum atomic E-state index is -0.113. The van der Waals surface area contributed by atoms with Gasteiger partial charge in [0.15, 0.2) is 0 Å². The van der Waals surface area contributed by atoms with Crippen molar-refractivity contribution >= 4 is 11.6 Å². The number of hydrogen-bond donors (Lipinski definition) is 2. The fraction of sp³-hybridized carbons (Fsp3) is 0.538. The Morgan fingerprint density at radius 3 is 2.95 bits per heavy atom. The number of nitrogens with one attached hydrogen (secondary N) is 2. The molecule has 1 rings (SSSR count). The van der Waals surface area contributed by atoms with Crippen LogP contribution in [0.2, 0.25) is 0 Å². The Labute approximate surface area is 114 Å². The summed E-state index contributed by atoms with van der Waals surface area (Å²) in [4.78, 5) is 18.1. The number of hydrogen-bond acceptors (Lipinski definition) is 5. The maximum Gasteiger partial charge on any atom is 0.254 e. The molecular weight excluding hydrogens is 244 g/mol. The van der Waals surface area contributed by atoms with E-state index in [1.54, 1.807) is 32.6 Å². The van der Waals surface area contributed by atoms with Crippen LogP contribution in [0.4, 0.5) is 5.69 Å². The average molecular weight is 266 g/mol. The molecule has 19 heavy (non-hydrogen) atoms. The van der Waals surface area contributed by atoms with E-state index in [4.69, 9.17) is 4.74 Å². The largest absolute Gasteiger partial charge is 0.387 e. The molecule has 106 valence electrons. The van der Waals surface area contributed by atoms with Gasteiger partial charge in [0, 0.05) is 51.9 Å². The Morgan fingerprint density at radius 2 is 2.26 bits per heavy atom. The summed E-state index contributed by atoms with van der Waals surface area (Å²) < 4.78 is 4.99. The lowest BCUT2D eigenvalue weighted by Crippen LogP contribution is -2.34. The molecule has 0 aromatic carbocycles. The first kappa shape index (κ1) is 15.4. The van der Waals surface area contributed by atoms with Crippen molar-refractivity contribution in [2.45, 2.75) is 0 Å². The molecule has 0 aliphatic carbocycles. The van der Waals surface area contributed by atoms with Crippen molar-refractivity contribution in [1.82, 2.24) is 15.2 Å². The Hall–Kier alpha value is -1.66. The summed E-state index contributed by atoms with van der Waals surface area (Å²) in [5.41, 5.74) is 1.34. The molecule has 0 fully saturated rings. The highest BCUT2D eigenvalue weighted by molar-refractivity contribution is 5.99. The summed E-state index contributed by atoms with van der Waals surface area (Å²) in [5.74, 6) is -0.113. The van der Waals surface area contributed by atoms with Crippen LogP contribution in [0.5, 0.6) is 0 Å². The number of carbonyl (C=O) groups excluding carboxylic acids is 1. The summed E-state index contributed by atoms with van der Waals surface area (Å²) >= 11 is 0. The first-order chi connectivity index (χ1) is 9.19. The molecule has 0 bridgehead atoms. The fourth-order valence-electron chi connectivity index (χ4n) is 1.61.